The maximum atomic E-state index is 6.10. The third-order valence-corrected chi connectivity index (χ3v) is 3.66. The summed E-state index contributed by atoms with van der Waals surface area (Å²) in [5.74, 6) is 0. The number of nitrogens with one attached hydrogen (secondary N) is 1. The number of hydrogen-bond donors (Lipinski definition) is 1. The van der Waals surface area contributed by atoms with E-state index in [1.54, 1.807) is 6.26 Å². The SMILES string of the molecule is CCCNCCc1coc2c(Cl)ccc(Br)c12. The average molecular weight is 317 g/mol. The molecule has 0 amide bonds. The molecule has 92 valence electrons. The summed E-state index contributed by atoms with van der Waals surface area (Å²) in [6, 6.07) is 3.81. The zero-order valence-corrected chi connectivity index (χ0v) is 12.1. The van der Waals surface area contributed by atoms with Gasteiger partial charge in [0.15, 0.2) is 5.58 Å². The molecule has 17 heavy (non-hydrogen) atoms. The van der Waals surface area contributed by atoms with Crippen LogP contribution >= 0.6 is 27.5 Å². The van der Waals surface area contributed by atoms with Gasteiger partial charge in [-0.1, -0.05) is 34.5 Å². The average Bonchev–Trinajstić information content (AvgIpc) is 2.75. The van der Waals surface area contributed by atoms with Crippen LogP contribution in [-0.2, 0) is 6.42 Å². The minimum Gasteiger partial charge on any atom is -0.462 e. The number of halogens is 2. The standard InChI is InChI=1S/C13H15BrClNO/c1-2-6-16-7-5-9-8-17-13-11(15)4-3-10(14)12(9)13/h3-4,8,16H,2,5-7H2,1H3. The van der Waals surface area contributed by atoms with Crippen LogP contribution < -0.4 is 5.32 Å². The Morgan fingerprint density at radius 3 is 2.94 bits per heavy atom. The van der Waals surface area contributed by atoms with Crippen molar-refractivity contribution < 1.29 is 4.42 Å². The second-order valence-corrected chi connectivity index (χ2v) is 5.26. The van der Waals surface area contributed by atoms with Crippen molar-refractivity contribution in [1.82, 2.24) is 5.32 Å². The molecule has 0 fully saturated rings. The van der Waals surface area contributed by atoms with E-state index in [0.29, 0.717) is 5.02 Å². The highest BCUT2D eigenvalue weighted by Crippen LogP contribution is 2.34. The first-order valence-corrected chi connectivity index (χ1v) is 6.96. The molecule has 0 aliphatic heterocycles. The molecule has 0 radical (unpaired) electrons. The minimum absolute atomic E-state index is 0.663. The summed E-state index contributed by atoms with van der Waals surface area (Å²) in [4.78, 5) is 0. The van der Waals surface area contributed by atoms with Crippen LogP contribution in [0.15, 0.2) is 27.3 Å². The molecule has 1 aromatic heterocycles. The predicted octanol–water partition coefficient (Wildman–Crippen LogP) is 4.39. The lowest BCUT2D eigenvalue weighted by Crippen LogP contribution is -2.17. The van der Waals surface area contributed by atoms with E-state index in [0.717, 1.165) is 41.4 Å². The van der Waals surface area contributed by atoms with Gasteiger partial charge in [-0.15, -0.1) is 0 Å². The summed E-state index contributed by atoms with van der Waals surface area (Å²) in [6.45, 7) is 4.18. The lowest BCUT2D eigenvalue weighted by atomic mass is 10.1. The number of hydrogen-bond acceptors (Lipinski definition) is 2. The Bertz CT molecular complexity index is 509. The van der Waals surface area contributed by atoms with E-state index in [4.69, 9.17) is 16.0 Å². The molecule has 0 unspecified atom stereocenters. The van der Waals surface area contributed by atoms with Gasteiger partial charge in [-0.3, -0.25) is 0 Å². The van der Waals surface area contributed by atoms with Crippen molar-refractivity contribution in [2.45, 2.75) is 19.8 Å². The number of benzene rings is 1. The number of rotatable bonds is 5. The van der Waals surface area contributed by atoms with Gasteiger partial charge < -0.3 is 9.73 Å². The highest BCUT2D eigenvalue weighted by atomic mass is 79.9. The first-order valence-electron chi connectivity index (χ1n) is 5.78. The Kier molecular flexibility index (Phi) is 4.48. The third kappa shape index (κ3) is 2.84. The van der Waals surface area contributed by atoms with Crippen LogP contribution in [0, 0.1) is 0 Å². The third-order valence-electron chi connectivity index (χ3n) is 2.70. The Hall–Kier alpha value is -0.510. The molecule has 1 heterocycles. The zero-order chi connectivity index (χ0) is 12.3. The topological polar surface area (TPSA) is 25.2 Å². The summed E-state index contributed by atoms with van der Waals surface area (Å²) in [5.41, 5.74) is 1.96. The fraction of sp³-hybridized carbons (Fsp3) is 0.385. The maximum absolute atomic E-state index is 6.10. The highest BCUT2D eigenvalue weighted by molar-refractivity contribution is 9.10. The molecule has 2 nitrogen and oxygen atoms in total. The van der Waals surface area contributed by atoms with Crippen molar-refractivity contribution in [3.8, 4) is 0 Å². The van der Waals surface area contributed by atoms with E-state index in [-0.39, 0.29) is 0 Å². The van der Waals surface area contributed by atoms with Gasteiger partial charge in [0.2, 0.25) is 0 Å². The first kappa shape index (κ1) is 12.9. The number of furan rings is 1. The van der Waals surface area contributed by atoms with Crippen molar-refractivity contribution in [2.75, 3.05) is 13.1 Å². The summed E-state index contributed by atoms with van der Waals surface area (Å²) < 4.78 is 6.57. The molecular formula is C13H15BrClNO. The molecule has 1 N–H and O–H groups in total. The van der Waals surface area contributed by atoms with Gasteiger partial charge in [0.25, 0.3) is 0 Å². The normalized spacial score (nSPS) is 11.2. The first-order chi connectivity index (χ1) is 8.24. The lowest BCUT2D eigenvalue weighted by Gasteiger charge is -2.02. The molecule has 0 bridgehead atoms. The van der Waals surface area contributed by atoms with Crippen LogP contribution in [-0.4, -0.2) is 13.1 Å². The van der Waals surface area contributed by atoms with Gasteiger partial charge in [-0.25, -0.2) is 0 Å². The molecule has 0 aliphatic rings. The predicted molar refractivity (Wildman–Crippen MR) is 75.8 cm³/mol. The van der Waals surface area contributed by atoms with E-state index in [9.17, 15) is 0 Å². The van der Waals surface area contributed by atoms with Gasteiger partial charge in [0.05, 0.1) is 11.3 Å². The fourth-order valence-electron chi connectivity index (χ4n) is 1.85. The van der Waals surface area contributed by atoms with E-state index in [1.165, 1.54) is 5.56 Å². The maximum Gasteiger partial charge on any atom is 0.153 e. The monoisotopic (exact) mass is 315 g/mol. The van der Waals surface area contributed by atoms with Crippen molar-refractivity contribution in [3.63, 3.8) is 0 Å². The quantitative estimate of drug-likeness (QED) is 0.828. The summed E-state index contributed by atoms with van der Waals surface area (Å²) in [7, 11) is 0. The molecule has 0 saturated carbocycles. The summed E-state index contributed by atoms with van der Waals surface area (Å²) >= 11 is 9.64. The highest BCUT2D eigenvalue weighted by Gasteiger charge is 2.11. The van der Waals surface area contributed by atoms with Crippen molar-refractivity contribution in [1.29, 1.82) is 0 Å². The van der Waals surface area contributed by atoms with Gasteiger partial charge in [0, 0.05) is 15.4 Å². The molecule has 2 rings (SSSR count). The second kappa shape index (κ2) is 5.89. The van der Waals surface area contributed by atoms with E-state index >= 15 is 0 Å². The zero-order valence-electron chi connectivity index (χ0n) is 9.72. The molecule has 0 saturated heterocycles. The van der Waals surface area contributed by atoms with Gasteiger partial charge >= 0.3 is 0 Å². The fourth-order valence-corrected chi connectivity index (χ4v) is 2.61. The minimum atomic E-state index is 0.663. The van der Waals surface area contributed by atoms with E-state index in [2.05, 4.69) is 28.2 Å². The Morgan fingerprint density at radius 1 is 1.35 bits per heavy atom. The lowest BCUT2D eigenvalue weighted by molar-refractivity contribution is 0.605. The summed E-state index contributed by atoms with van der Waals surface area (Å²) in [6.07, 6.45) is 3.91. The van der Waals surface area contributed by atoms with Gasteiger partial charge in [-0.05, 0) is 38.1 Å². The molecule has 2 aromatic rings. The Balaban J connectivity index is 2.20. The second-order valence-electron chi connectivity index (χ2n) is 3.99. The molecule has 1 aromatic carbocycles. The molecule has 0 aliphatic carbocycles. The number of fused-ring (bicyclic) bond motifs is 1. The van der Waals surface area contributed by atoms with Crippen LogP contribution in [0.5, 0.6) is 0 Å². The van der Waals surface area contributed by atoms with E-state index in [1.807, 2.05) is 12.1 Å². The van der Waals surface area contributed by atoms with Crippen LogP contribution in [0.4, 0.5) is 0 Å². The van der Waals surface area contributed by atoms with Crippen molar-refractivity contribution in [3.05, 3.63) is 33.5 Å². The molecule has 0 atom stereocenters. The Morgan fingerprint density at radius 2 is 2.18 bits per heavy atom. The van der Waals surface area contributed by atoms with Gasteiger partial charge in [-0.2, -0.15) is 0 Å². The molecule has 0 spiro atoms. The van der Waals surface area contributed by atoms with Gasteiger partial charge in [0.1, 0.15) is 0 Å². The van der Waals surface area contributed by atoms with Crippen LogP contribution in [0.1, 0.15) is 18.9 Å². The smallest absolute Gasteiger partial charge is 0.153 e. The van der Waals surface area contributed by atoms with Crippen molar-refractivity contribution in [2.24, 2.45) is 0 Å². The van der Waals surface area contributed by atoms with Crippen molar-refractivity contribution >= 4 is 38.5 Å². The largest absolute Gasteiger partial charge is 0.462 e. The van der Waals surface area contributed by atoms with Crippen LogP contribution in [0.3, 0.4) is 0 Å². The van der Waals surface area contributed by atoms with Crippen LogP contribution in [0.2, 0.25) is 5.02 Å². The summed E-state index contributed by atoms with van der Waals surface area (Å²) in [5, 5.41) is 5.14. The van der Waals surface area contributed by atoms with Crippen LogP contribution in [0.25, 0.3) is 11.0 Å². The Labute approximate surface area is 114 Å². The van der Waals surface area contributed by atoms with E-state index < -0.39 is 0 Å². The molecular weight excluding hydrogens is 302 g/mol. The molecule has 4 heteroatoms.